The van der Waals surface area contributed by atoms with Gasteiger partial charge in [-0.15, -0.1) is 0 Å². The molecule has 12 heteroatoms. The number of rotatable bonds is 4. The molecule has 0 saturated carbocycles. The average Bonchev–Trinajstić information content (AvgIpc) is 2.98. The zero-order chi connectivity index (χ0) is 23.0. The van der Waals surface area contributed by atoms with Crippen molar-refractivity contribution < 1.29 is 36.1 Å². The Morgan fingerprint density at radius 1 is 1.19 bits per heavy atom. The lowest BCUT2D eigenvalue weighted by atomic mass is 10.2. The van der Waals surface area contributed by atoms with Crippen LogP contribution in [0.2, 0.25) is 0 Å². The van der Waals surface area contributed by atoms with Gasteiger partial charge < -0.3 is 19.3 Å². The van der Waals surface area contributed by atoms with Gasteiger partial charge in [-0.2, -0.15) is 8.42 Å². The maximum atomic E-state index is 14.8. The SMILES string of the molecule is CC(C)(C)OC(=O)N1CCN(c2ccc(N3C[C@H](OS(C)(=O)=O)OC3=O)cc2F)CC1. The minimum atomic E-state index is -3.81. The summed E-state index contributed by atoms with van der Waals surface area (Å²) in [4.78, 5) is 28.7. The lowest BCUT2D eigenvalue weighted by Crippen LogP contribution is -2.50. The Balaban J connectivity index is 1.63. The van der Waals surface area contributed by atoms with Gasteiger partial charge in [0.2, 0.25) is 6.29 Å². The van der Waals surface area contributed by atoms with E-state index >= 15 is 0 Å². The van der Waals surface area contributed by atoms with E-state index in [4.69, 9.17) is 9.47 Å². The molecule has 0 aliphatic carbocycles. The van der Waals surface area contributed by atoms with Crippen molar-refractivity contribution in [2.75, 3.05) is 48.8 Å². The predicted octanol–water partition coefficient (Wildman–Crippen LogP) is 2.14. The van der Waals surface area contributed by atoms with Crippen molar-refractivity contribution in [1.29, 1.82) is 0 Å². The fourth-order valence-electron chi connectivity index (χ4n) is 3.27. The highest BCUT2D eigenvalue weighted by Crippen LogP contribution is 2.29. The second-order valence-electron chi connectivity index (χ2n) is 8.31. The number of anilines is 2. The van der Waals surface area contributed by atoms with Gasteiger partial charge in [-0.05, 0) is 39.0 Å². The van der Waals surface area contributed by atoms with Gasteiger partial charge in [0.25, 0.3) is 10.1 Å². The Labute approximate surface area is 180 Å². The summed E-state index contributed by atoms with van der Waals surface area (Å²) < 4.78 is 52.1. The molecule has 0 aromatic heterocycles. The van der Waals surface area contributed by atoms with Crippen LogP contribution in [0.3, 0.4) is 0 Å². The number of ether oxygens (including phenoxy) is 2. The van der Waals surface area contributed by atoms with Gasteiger partial charge in [-0.25, -0.2) is 18.2 Å². The van der Waals surface area contributed by atoms with Crippen LogP contribution in [-0.2, 0) is 23.8 Å². The van der Waals surface area contributed by atoms with Crippen LogP contribution in [0.15, 0.2) is 18.2 Å². The highest BCUT2D eigenvalue weighted by Gasteiger charge is 2.36. The Hall–Kier alpha value is -2.60. The molecule has 2 fully saturated rings. The van der Waals surface area contributed by atoms with Gasteiger partial charge in [0.1, 0.15) is 11.4 Å². The number of benzene rings is 1. The molecule has 3 rings (SSSR count). The number of carbonyl (C=O) groups is 2. The summed E-state index contributed by atoms with van der Waals surface area (Å²) in [6.07, 6.45) is -1.67. The standard InChI is InChI=1S/C19H26FN3O7S/c1-19(2,3)29-17(24)22-9-7-21(8-10-22)15-6-5-13(11-14(15)20)23-12-16(28-18(23)25)30-31(4,26)27/h5-6,11,16H,7-10,12H2,1-4H3/t16-/m0/s1. The molecule has 0 spiro atoms. The third kappa shape index (κ3) is 5.97. The number of nitrogens with zero attached hydrogens (tertiary/aromatic N) is 3. The second-order valence-corrected chi connectivity index (χ2v) is 9.92. The number of halogens is 1. The Morgan fingerprint density at radius 3 is 2.39 bits per heavy atom. The molecule has 2 saturated heterocycles. The minimum Gasteiger partial charge on any atom is -0.444 e. The summed E-state index contributed by atoms with van der Waals surface area (Å²) in [5, 5.41) is 0. The molecule has 172 valence electrons. The second kappa shape index (κ2) is 8.50. The first-order valence-corrected chi connectivity index (χ1v) is 11.5. The van der Waals surface area contributed by atoms with Crippen LogP contribution in [0.5, 0.6) is 0 Å². The molecule has 2 aliphatic rings. The van der Waals surface area contributed by atoms with Crippen LogP contribution in [0.1, 0.15) is 20.8 Å². The Morgan fingerprint density at radius 2 is 1.84 bits per heavy atom. The van der Waals surface area contributed by atoms with E-state index in [1.165, 1.54) is 12.1 Å². The lowest BCUT2D eigenvalue weighted by molar-refractivity contribution is 0.0113. The van der Waals surface area contributed by atoms with Crippen LogP contribution < -0.4 is 9.80 Å². The molecule has 2 aliphatic heterocycles. The molecule has 31 heavy (non-hydrogen) atoms. The third-order valence-electron chi connectivity index (χ3n) is 4.58. The van der Waals surface area contributed by atoms with E-state index in [9.17, 15) is 22.4 Å². The Kier molecular flexibility index (Phi) is 6.33. The Bertz CT molecular complexity index is 956. The van der Waals surface area contributed by atoms with Crippen LogP contribution in [0, 0.1) is 5.82 Å². The van der Waals surface area contributed by atoms with Crippen molar-refractivity contribution in [3.63, 3.8) is 0 Å². The number of hydrogen-bond acceptors (Lipinski definition) is 8. The molecule has 0 bridgehead atoms. The van der Waals surface area contributed by atoms with Crippen molar-refractivity contribution in [1.82, 2.24) is 4.90 Å². The molecule has 2 amide bonds. The molecular formula is C19H26FN3O7S. The third-order valence-corrected chi connectivity index (χ3v) is 5.15. The topological polar surface area (TPSA) is 106 Å². The minimum absolute atomic E-state index is 0.181. The summed E-state index contributed by atoms with van der Waals surface area (Å²) >= 11 is 0. The molecule has 1 aromatic rings. The van der Waals surface area contributed by atoms with E-state index in [1.807, 2.05) is 0 Å². The van der Waals surface area contributed by atoms with E-state index in [0.717, 1.165) is 11.2 Å². The largest absolute Gasteiger partial charge is 0.444 e. The average molecular weight is 459 g/mol. The zero-order valence-corrected chi connectivity index (χ0v) is 18.6. The van der Waals surface area contributed by atoms with Gasteiger partial charge in [-0.3, -0.25) is 4.90 Å². The number of cyclic esters (lactones) is 1. The van der Waals surface area contributed by atoms with Gasteiger partial charge in [0.15, 0.2) is 0 Å². The molecule has 0 unspecified atom stereocenters. The maximum Gasteiger partial charge on any atom is 0.416 e. The molecule has 2 heterocycles. The smallest absolute Gasteiger partial charge is 0.416 e. The van der Waals surface area contributed by atoms with Crippen LogP contribution in [0.25, 0.3) is 0 Å². The number of hydrogen-bond donors (Lipinski definition) is 0. The van der Waals surface area contributed by atoms with Crippen molar-refractivity contribution in [2.24, 2.45) is 0 Å². The first-order valence-electron chi connectivity index (χ1n) is 9.71. The zero-order valence-electron chi connectivity index (χ0n) is 17.8. The van der Waals surface area contributed by atoms with Gasteiger partial charge >= 0.3 is 12.2 Å². The van der Waals surface area contributed by atoms with E-state index < -0.39 is 40.0 Å². The fourth-order valence-corrected chi connectivity index (χ4v) is 3.76. The van der Waals surface area contributed by atoms with E-state index in [0.29, 0.717) is 31.9 Å². The lowest BCUT2D eigenvalue weighted by Gasteiger charge is -2.37. The van der Waals surface area contributed by atoms with Crippen LogP contribution in [0.4, 0.5) is 25.4 Å². The molecule has 0 radical (unpaired) electrons. The molecule has 1 aromatic carbocycles. The van der Waals surface area contributed by atoms with Crippen LogP contribution >= 0.6 is 0 Å². The monoisotopic (exact) mass is 459 g/mol. The molecule has 10 nitrogen and oxygen atoms in total. The van der Waals surface area contributed by atoms with Gasteiger partial charge in [0, 0.05) is 26.2 Å². The van der Waals surface area contributed by atoms with Crippen molar-refractivity contribution in [3.05, 3.63) is 24.0 Å². The maximum absolute atomic E-state index is 14.8. The predicted molar refractivity (Wildman–Crippen MR) is 110 cm³/mol. The molecule has 0 N–H and O–H groups in total. The van der Waals surface area contributed by atoms with Crippen molar-refractivity contribution in [3.8, 4) is 0 Å². The van der Waals surface area contributed by atoms with E-state index in [-0.39, 0.29) is 12.2 Å². The summed E-state index contributed by atoms with van der Waals surface area (Å²) in [5.74, 6) is -0.552. The highest BCUT2D eigenvalue weighted by atomic mass is 32.2. The number of amides is 2. The quantitative estimate of drug-likeness (QED) is 0.631. The first-order chi connectivity index (χ1) is 14.3. The van der Waals surface area contributed by atoms with Crippen molar-refractivity contribution >= 4 is 33.7 Å². The number of piperazine rings is 1. The summed E-state index contributed by atoms with van der Waals surface area (Å²) in [6.45, 7) is 6.83. The first kappa shape index (κ1) is 23.1. The number of carbonyl (C=O) groups excluding carboxylic acids is 2. The van der Waals surface area contributed by atoms with Crippen LogP contribution in [-0.4, -0.2) is 76.4 Å². The molecular weight excluding hydrogens is 433 g/mol. The fraction of sp³-hybridized carbons (Fsp3) is 0.579. The van der Waals surface area contributed by atoms with Gasteiger partial charge in [-0.1, -0.05) is 0 Å². The van der Waals surface area contributed by atoms with Gasteiger partial charge in [0.05, 0.1) is 24.2 Å². The molecule has 1 atom stereocenters. The summed E-state index contributed by atoms with van der Waals surface area (Å²) in [7, 11) is -3.81. The van der Waals surface area contributed by atoms with E-state index in [2.05, 4.69) is 4.18 Å². The summed E-state index contributed by atoms with van der Waals surface area (Å²) in [6, 6.07) is 4.26. The summed E-state index contributed by atoms with van der Waals surface area (Å²) in [5.41, 5.74) is -0.0274. The van der Waals surface area contributed by atoms with E-state index in [1.54, 1.807) is 36.6 Å². The normalized spacial score (nSPS) is 20.1. The van der Waals surface area contributed by atoms with Crippen molar-refractivity contribution in [2.45, 2.75) is 32.7 Å². The highest BCUT2D eigenvalue weighted by molar-refractivity contribution is 7.86.